The monoisotopic (exact) mass is 816 g/mol. The van der Waals surface area contributed by atoms with E-state index in [1.54, 1.807) is 24.3 Å². The first-order chi connectivity index (χ1) is 27.9. The molecular formula is C43H52N4O12. The first kappa shape index (κ1) is 45.4. The van der Waals surface area contributed by atoms with Gasteiger partial charge in [0.15, 0.2) is 0 Å². The van der Waals surface area contributed by atoms with E-state index in [0.717, 1.165) is 0 Å². The van der Waals surface area contributed by atoms with Crippen LogP contribution >= 0.6 is 0 Å². The molecule has 6 atom stereocenters. The molecule has 316 valence electrons. The van der Waals surface area contributed by atoms with Crippen LogP contribution in [0.1, 0.15) is 68.9 Å². The van der Waals surface area contributed by atoms with Crippen LogP contribution in [-0.4, -0.2) is 90.1 Å². The van der Waals surface area contributed by atoms with E-state index in [1.165, 1.54) is 60.7 Å². The predicted octanol–water partition coefficient (Wildman–Crippen LogP) is 3.32. The number of aliphatic hydroxyl groups is 2. The van der Waals surface area contributed by atoms with Crippen LogP contribution in [0.4, 0.5) is 0 Å². The number of hydrogen-bond donors (Lipinski definition) is 10. The number of amides is 2. The fourth-order valence-corrected chi connectivity index (χ4v) is 7.17. The van der Waals surface area contributed by atoms with Gasteiger partial charge in [-0.2, -0.15) is 0 Å². The lowest BCUT2D eigenvalue weighted by molar-refractivity contribution is -0.144. The number of allylic oxidation sites excluding steroid dienone is 6. The number of ketones is 2. The van der Waals surface area contributed by atoms with E-state index in [-0.39, 0.29) is 86.0 Å². The highest BCUT2D eigenvalue weighted by Crippen LogP contribution is 2.39. The van der Waals surface area contributed by atoms with Gasteiger partial charge in [0.2, 0.25) is 11.8 Å². The van der Waals surface area contributed by atoms with Crippen LogP contribution < -0.4 is 22.1 Å². The smallest absolute Gasteiger partial charge is 0.326 e. The topological polar surface area (TPSA) is 300 Å². The van der Waals surface area contributed by atoms with Crippen molar-refractivity contribution in [3.63, 3.8) is 0 Å². The molecule has 4 rings (SSSR count). The second-order valence-corrected chi connectivity index (χ2v) is 15.2. The number of benzene rings is 2. The summed E-state index contributed by atoms with van der Waals surface area (Å²) >= 11 is 0. The predicted molar refractivity (Wildman–Crippen MR) is 215 cm³/mol. The van der Waals surface area contributed by atoms with Crippen molar-refractivity contribution in [3.05, 3.63) is 108 Å². The third kappa shape index (κ3) is 12.9. The number of rotatable bonds is 22. The molecule has 16 heteroatoms. The molecule has 2 aliphatic rings. The Balaban J connectivity index is 1.35. The van der Waals surface area contributed by atoms with Gasteiger partial charge in [-0.05, 0) is 111 Å². The Morgan fingerprint density at radius 3 is 1.24 bits per heavy atom. The molecule has 2 amide bonds. The van der Waals surface area contributed by atoms with Crippen molar-refractivity contribution in [1.29, 1.82) is 0 Å². The van der Waals surface area contributed by atoms with Crippen LogP contribution in [0.3, 0.4) is 0 Å². The highest BCUT2D eigenvalue weighted by Gasteiger charge is 2.42. The third-order valence-corrected chi connectivity index (χ3v) is 10.7. The summed E-state index contributed by atoms with van der Waals surface area (Å²) in [4.78, 5) is 78.3. The molecule has 0 heterocycles. The van der Waals surface area contributed by atoms with Crippen molar-refractivity contribution in [1.82, 2.24) is 10.6 Å². The first-order valence-electron chi connectivity index (χ1n) is 19.3. The Labute approximate surface area is 341 Å². The number of aliphatic carboxylic acids is 2. The standard InChI is InChI=1S/C43H52N4O12/c44-32(22-26-6-10-28(48)11-7-26)38(54)46-34(40(56)57)24-42(18-14-30(50)15-19-42)36(52)4-2-1-3-5-37(53)43(20-16-31(51)17-21-43)25-35(41(58)59)47-39(55)33(45)23-27-8-12-29(49)13-9-27/h6-18,20,32-35,48-51H,1-5,19,21-25,44-45H2,(H,46,54)(H,47,55)(H,56,57)(H,58,59)/t32-,33-,34-,35-,42?,43?/m0/s1. The molecule has 59 heavy (non-hydrogen) atoms. The lowest BCUT2D eigenvalue weighted by atomic mass is 9.71. The number of Topliss-reactive ketones (excluding diaryl/α,β-unsaturated/α-hetero) is 2. The molecular weight excluding hydrogens is 764 g/mol. The van der Waals surface area contributed by atoms with E-state index in [0.29, 0.717) is 30.4 Å². The Morgan fingerprint density at radius 1 is 0.576 bits per heavy atom. The second kappa shape index (κ2) is 20.4. The highest BCUT2D eigenvalue weighted by atomic mass is 16.4. The summed E-state index contributed by atoms with van der Waals surface area (Å²) in [6.07, 6.45) is 8.65. The van der Waals surface area contributed by atoms with Crippen LogP contribution in [0.15, 0.2) is 96.5 Å². The minimum absolute atomic E-state index is 0.0209. The first-order valence-corrected chi connectivity index (χ1v) is 19.3. The van der Waals surface area contributed by atoms with E-state index in [2.05, 4.69) is 10.6 Å². The molecule has 2 aromatic carbocycles. The number of carboxylic acids is 2. The van der Waals surface area contributed by atoms with Gasteiger partial charge in [-0.3, -0.25) is 19.2 Å². The molecule has 0 radical (unpaired) electrons. The zero-order valence-electron chi connectivity index (χ0n) is 32.5. The third-order valence-electron chi connectivity index (χ3n) is 10.7. The van der Waals surface area contributed by atoms with Crippen molar-refractivity contribution >= 4 is 35.3 Å². The minimum Gasteiger partial charge on any atom is -0.508 e. The summed E-state index contributed by atoms with van der Waals surface area (Å²) in [7, 11) is 0. The van der Waals surface area contributed by atoms with Crippen LogP contribution in [0.2, 0.25) is 0 Å². The number of hydrogen-bond acceptors (Lipinski definition) is 12. The summed E-state index contributed by atoms with van der Waals surface area (Å²) in [6, 6.07) is 6.80. The van der Waals surface area contributed by atoms with Gasteiger partial charge in [-0.1, -0.05) is 42.8 Å². The fourth-order valence-electron chi connectivity index (χ4n) is 7.17. The molecule has 12 N–H and O–H groups in total. The van der Waals surface area contributed by atoms with E-state index in [1.807, 2.05) is 0 Å². The average molecular weight is 817 g/mol. The zero-order chi connectivity index (χ0) is 43.3. The van der Waals surface area contributed by atoms with E-state index < -0.39 is 58.8 Å². The summed E-state index contributed by atoms with van der Waals surface area (Å²) in [5, 5.41) is 64.1. The van der Waals surface area contributed by atoms with Gasteiger partial charge in [-0.15, -0.1) is 0 Å². The molecule has 0 bridgehead atoms. The van der Waals surface area contributed by atoms with Crippen LogP contribution in [0, 0.1) is 10.8 Å². The lowest BCUT2D eigenvalue weighted by Gasteiger charge is -2.33. The molecule has 0 saturated carbocycles. The van der Waals surface area contributed by atoms with Crippen molar-refractivity contribution in [2.24, 2.45) is 22.3 Å². The highest BCUT2D eigenvalue weighted by molar-refractivity contribution is 5.92. The molecule has 0 saturated heterocycles. The summed E-state index contributed by atoms with van der Waals surface area (Å²) in [6.45, 7) is 0. The molecule has 2 aliphatic carbocycles. The Hall–Kier alpha value is -6.26. The maximum Gasteiger partial charge on any atom is 0.326 e. The van der Waals surface area contributed by atoms with Crippen LogP contribution in [0.25, 0.3) is 0 Å². The molecule has 0 aliphatic heterocycles. The number of unbranched alkanes of at least 4 members (excludes halogenated alkanes) is 2. The number of phenols is 2. The summed E-state index contributed by atoms with van der Waals surface area (Å²) in [5.74, 6) is -5.10. The number of aliphatic hydroxyl groups excluding tert-OH is 2. The lowest BCUT2D eigenvalue weighted by Crippen LogP contribution is -2.51. The zero-order valence-corrected chi connectivity index (χ0v) is 32.5. The number of nitrogens with one attached hydrogen (secondary N) is 2. The normalized spacial score (nSPS) is 20.6. The maximum atomic E-state index is 13.8. The molecule has 0 fully saturated rings. The SMILES string of the molecule is N[C@@H](Cc1ccc(O)cc1)C(=O)N[C@@H](CC1(C(=O)CCCCCC(=O)C2(C[C@H](NC(=O)[C@@H](N)Cc3ccc(O)cc3)C(=O)O)C=CC(O)=CC2)C=CC(O)=CC1)C(=O)O. The van der Waals surface area contributed by atoms with Crippen LogP contribution in [0.5, 0.6) is 11.5 Å². The molecule has 16 nitrogen and oxygen atoms in total. The average Bonchev–Trinajstić information content (AvgIpc) is 3.20. The van der Waals surface area contributed by atoms with E-state index in [9.17, 15) is 59.4 Å². The van der Waals surface area contributed by atoms with E-state index >= 15 is 0 Å². The van der Waals surface area contributed by atoms with Crippen molar-refractivity contribution in [3.8, 4) is 11.5 Å². The fraction of sp³-hybridized carbons (Fsp3) is 0.395. The number of carbonyl (C=O) groups excluding carboxylic acids is 4. The Morgan fingerprint density at radius 2 is 0.932 bits per heavy atom. The maximum absolute atomic E-state index is 13.8. The largest absolute Gasteiger partial charge is 0.508 e. The van der Waals surface area contributed by atoms with Gasteiger partial charge in [-0.25, -0.2) is 9.59 Å². The van der Waals surface area contributed by atoms with Gasteiger partial charge >= 0.3 is 11.9 Å². The summed E-state index contributed by atoms with van der Waals surface area (Å²) < 4.78 is 0. The van der Waals surface area contributed by atoms with E-state index in [4.69, 9.17) is 11.5 Å². The Bertz CT molecular complexity index is 1850. The number of carboxylic acid groups (broad SMARTS) is 2. The molecule has 2 unspecified atom stereocenters. The molecule has 2 aromatic rings. The number of aromatic hydroxyl groups is 2. The van der Waals surface area contributed by atoms with Gasteiger partial charge in [0.25, 0.3) is 0 Å². The van der Waals surface area contributed by atoms with Crippen molar-refractivity contribution < 1.29 is 59.4 Å². The van der Waals surface area contributed by atoms with Gasteiger partial charge in [0.1, 0.15) is 46.7 Å². The Kier molecular flexibility index (Phi) is 15.7. The van der Waals surface area contributed by atoms with Crippen molar-refractivity contribution in [2.75, 3.05) is 0 Å². The number of phenolic OH excluding ortho intramolecular Hbond substituents is 2. The summed E-state index contributed by atoms with van der Waals surface area (Å²) in [5.41, 5.74) is 10.6. The van der Waals surface area contributed by atoms with Gasteiger partial charge in [0, 0.05) is 12.8 Å². The second-order valence-electron chi connectivity index (χ2n) is 15.2. The van der Waals surface area contributed by atoms with Gasteiger partial charge < -0.3 is 52.7 Å². The van der Waals surface area contributed by atoms with Gasteiger partial charge in [0.05, 0.1) is 22.9 Å². The molecule has 0 aromatic heterocycles. The quantitative estimate of drug-likeness (QED) is 0.0763. The number of nitrogens with two attached hydrogens (primary N) is 2. The van der Waals surface area contributed by atoms with Crippen molar-refractivity contribution in [2.45, 2.75) is 94.8 Å². The minimum atomic E-state index is -1.50. The molecule has 0 spiro atoms. The van der Waals surface area contributed by atoms with Crippen LogP contribution in [-0.2, 0) is 41.6 Å². The number of carbonyl (C=O) groups is 6.